The second kappa shape index (κ2) is 12.1. The van der Waals surface area contributed by atoms with Crippen LogP contribution in [0.2, 0.25) is 10.0 Å². The summed E-state index contributed by atoms with van der Waals surface area (Å²) in [6.45, 7) is 4.15. The summed E-state index contributed by atoms with van der Waals surface area (Å²) in [5.74, 6) is 0.364. The fraction of sp³-hybridized carbons (Fsp3) is 0.154. The van der Waals surface area contributed by atoms with Gasteiger partial charge in [0.15, 0.2) is 11.0 Å². The number of thioether (sulfide) groups is 1. The van der Waals surface area contributed by atoms with Gasteiger partial charge in [0, 0.05) is 27.0 Å². The van der Waals surface area contributed by atoms with E-state index >= 15 is 0 Å². The lowest BCUT2D eigenvalue weighted by molar-refractivity contribution is -0.120. The van der Waals surface area contributed by atoms with Crippen LogP contribution < -0.4 is 10.7 Å². The molecule has 0 fully saturated rings. The van der Waals surface area contributed by atoms with Gasteiger partial charge >= 0.3 is 0 Å². The maximum absolute atomic E-state index is 12.7. The van der Waals surface area contributed by atoms with Crippen molar-refractivity contribution in [2.45, 2.75) is 30.8 Å². The summed E-state index contributed by atoms with van der Waals surface area (Å²) in [4.78, 5) is 12.7. The van der Waals surface area contributed by atoms with Crippen LogP contribution in [-0.2, 0) is 11.3 Å². The van der Waals surface area contributed by atoms with Crippen molar-refractivity contribution in [3.05, 3.63) is 93.7 Å². The second-order valence-corrected chi connectivity index (χ2v) is 10.3. The zero-order chi connectivity index (χ0) is 26.4. The molecule has 0 aliphatic carbocycles. The Morgan fingerprint density at radius 1 is 1.11 bits per heavy atom. The van der Waals surface area contributed by atoms with E-state index in [1.165, 1.54) is 24.0 Å². The van der Waals surface area contributed by atoms with Gasteiger partial charge in [0.1, 0.15) is 5.75 Å². The summed E-state index contributed by atoms with van der Waals surface area (Å²) >= 11 is 13.3. The molecule has 0 saturated heterocycles. The minimum absolute atomic E-state index is 0.00992. The third kappa shape index (κ3) is 6.82. The summed E-state index contributed by atoms with van der Waals surface area (Å²) in [6.07, 6.45) is 1.34. The Balaban J connectivity index is 1.49. The smallest absolute Gasteiger partial charge is 0.253 e. The van der Waals surface area contributed by atoms with Crippen molar-refractivity contribution in [2.75, 3.05) is 5.32 Å². The Hall–Kier alpha value is -3.53. The number of carbonyl (C=O) groups is 1. The first-order chi connectivity index (χ1) is 17.8. The highest BCUT2D eigenvalue weighted by Gasteiger charge is 2.21. The molecule has 0 spiro atoms. The van der Waals surface area contributed by atoms with Gasteiger partial charge in [-0.25, -0.2) is 5.43 Å². The number of nitrogens with zero attached hydrogens (tertiary/aromatic N) is 4. The molecule has 3 aromatic carbocycles. The SMILES string of the molecule is Cc1cc(Cl)ccc1NCc1nnc(SC(C)C(=O)NN=Cc2cc(Cl)ccc2O)n1-c1ccccc1. The normalized spacial score (nSPS) is 12.0. The number of phenolic OH excluding ortho intramolecular Hbond substituents is 1. The summed E-state index contributed by atoms with van der Waals surface area (Å²) in [6, 6.07) is 19.9. The Morgan fingerprint density at radius 3 is 2.59 bits per heavy atom. The Bertz CT molecular complexity index is 1430. The topological polar surface area (TPSA) is 104 Å². The number of para-hydroxylation sites is 1. The average Bonchev–Trinajstić information content (AvgIpc) is 3.28. The first-order valence-corrected chi connectivity index (χ1v) is 12.9. The number of carbonyl (C=O) groups excluding carboxylic acids is 1. The van der Waals surface area contributed by atoms with E-state index in [-0.39, 0.29) is 11.7 Å². The van der Waals surface area contributed by atoms with E-state index in [9.17, 15) is 9.90 Å². The van der Waals surface area contributed by atoms with E-state index < -0.39 is 5.25 Å². The summed E-state index contributed by atoms with van der Waals surface area (Å²) < 4.78 is 1.92. The number of amides is 1. The number of benzene rings is 3. The van der Waals surface area contributed by atoms with Crippen LogP contribution >= 0.6 is 35.0 Å². The lowest BCUT2D eigenvalue weighted by atomic mass is 10.2. The van der Waals surface area contributed by atoms with Crippen molar-refractivity contribution in [1.29, 1.82) is 0 Å². The molecule has 4 rings (SSSR count). The minimum atomic E-state index is -0.531. The molecule has 4 aromatic rings. The fourth-order valence-corrected chi connectivity index (χ4v) is 4.71. The molecule has 0 saturated carbocycles. The number of aromatic nitrogens is 3. The van der Waals surface area contributed by atoms with Gasteiger partial charge in [-0.05, 0) is 67.9 Å². The number of halogens is 2. The maximum atomic E-state index is 12.7. The third-order valence-corrected chi connectivity index (χ3v) is 6.87. The molecule has 8 nitrogen and oxygen atoms in total. The summed E-state index contributed by atoms with van der Waals surface area (Å²) in [7, 11) is 0. The molecule has 3 N–H and O–H groups in total. The molecule has 0 radical (unpaired) electrons. The highest BCUT2D eigenvalue weighted by atomic mass is 35.5. The Labute approximate surface area is 228 Å². The van der Waals surface area contributed by atoms with Crippen LogP contribution in [0.4, 0.5) is 5.69 Å². The molecule has 1 atom stereocenters. The van der Waals surface area contributed by atoms with Gasteiger partial charge in [0.05, 0.1) is 18.0 Å². The zero-order valence-electron chi connectivity index (χ0n) is 20.0. The van der Waals surface area contributed by atoms with Gasteiger partial charge in [0.2, 0.25) is 0 Å². The van der Waals surface area contributed by atoms with Crippen molar-refractivity contribution in [3.63, 3.8) is 0 Å². The van der Waals surface area contributed by atoms with E-state index in [4.69, 9.17) is 23.2 Å². The van der Waals surface area contributed by atoms with Gasteiger partial charge in [0.25, 0.3) is 5.91 Å². The lowest BCUT2D eigenvalue weighted by Gasteiger charge is -2.14. The fourth-order valence-electron chi connectivity index (χ4n) is 3.42. The van der Waals surface area contributed by atoms with Gasteiger partial charge in [-0.2, -0.15) is 5.10 Å². The monoisotopic (exact) mass is 554 g/mol. The second-order valence-electron chi connectivity index (χ2n) is 8.08. The number of anilines is 1. The number of aromatic hydroxyl groups is 1. The minimum Gasteiger partial charge on any atom is -0.507 e. The predicted molar refractivity (Wildman–Crippen MR) is 149 cm³/mol. The number of hydrogen-bond donors (Lipinski definition) is 3. The van der Waals surface area contributed by atoms with Crippen LogP contribution in [0.5, 0.6) is 5.75 Å². The van der Waals surface area contributed by atoms with E-state index in [2.05, 4.69) is 26.0 Å². The van der Waals surface area contributed by atoms with Crippen molar-refractivity contribution < 1.29 is 9.90 Å². The summed E-state index contributed by atoms with van der Waals surface area (Å²) in [5.41, 5.74) is 5.73. The van der Waals surface area contributed by atoms with Crippen molar-refractivity contribution in [1.82, 2.24) is 20.2 Å². The number of aryl methyl sites for hydroxylation is 1. The molecule has 1 heterocycles. The first-order valence-electron chi connectivity index (χ1n) is 11.3. The van der Waals surface area contributed by atoms with Crippen molar-refractivity contribution in [2.24, 2.45) is 5.10 Å². The third-order valence-electron chi connectivity index (χ3n) is 5.36. The van der Waals surface area contributed by atoms with Gasteiger partial charge < -0.3 is 10.4 Å². The number of hydrogen-bond acceptors (Lipinski definition) is 7. The maximum Gasteiger partial charge on any atom is 0.253 e. The van der Waals surface area contributed by atoms with Crippen molar-refractivity contribution in [3.8, 4) is 11.4 Å². The number of nitrogens with one attached hydrogen (secondary N) is 2. The molecule has 0 bridgehead atoms. The molecular weight excluding hydrogens is 531 g/mol. The lowest BCUT2D eigenvalue weighted by Crippen LogP contribution is -2.27. The van der Waals surface area contributed by atoms with Gasteiger partial charge in [-0.15, -0.1) is 10.2 Å². The molecule has 37 heavy (non-hydrogen) atoms. The highest BCUT2D eigenvalue weighted by Crippen LogP contribution is 2.27. The zero-order valence-corrected chi connectivity index (χ0v) is 22.3. The first kappa shape index (κ1) is 26.5. The molecule has 11 heteroatoms. The van der Waals surface area contributed by atoms with Crippen molar-refractivity contribution >= 4 is 52.8 Å². The van der Waals surface area contributed by atoms with Crippen LogP contribution in [0, 0.1) is 6.92 Å². The Kier molecular flexibility index (Phi) is 8.70. The summed E-state index contributed by atoms with van der Waals surface area (Å²) in [5, 5.41) is 27.1. The van der Waals surface area contributed by atoms with E-state index in [1.54, 1.807) is 19.1 Å². The standard InChI is InChI=1S/C26H24Cl2N6O2S/c1-16-12-19(27)8-10-22(16)29-15-24-31-33-26(34(24)21-6-4-3-5-7-21)37-17(2)25(36)32-30-14-18-13-20(28)9-11-23(18)35/h3-14,17,29,35H,15H2,1-2H3,(H,32,36). The van der Waals surface area contributed by atoms with Crippen LogP contribution in [0.3, 0.4) is 0 Å². The Morgan fingerprint density at radius 2 is 1.84 bits per heavy atom. The van der Waals surface area contributed by atoms with Gasteiger partial charge in [-0.1, -0.05) is 53.2 Å². The molecule has 1 amide bonds. The molecule has 0 aliphatic heterocycles. The van der Waals surface area contributed by atoms with Crippen LogP contribution in [0.25, 0.3) is 5.69 Å². The molecular formula is C26H24Cl2N6O2S. The quantitative estimate of drug-likeness (QED) is 0.136. The number of rotatable bonds is 9. The van der Waals surface area contributed by atoms with E-state index in [0.717, 1.165) is 16.9 Å². The van der Waals surface area contributed by atoms with Crippen LogP contribution in [-0.4, -0.2) is 37.2 Å². The number of hydrazone groups is 1. The highest BCUT2D eigenvalue weighted by molar-refractivity contribution is 8.00. The predicted octanol–water partition coefficient (Wildman–Crippen LogP) is 5.83. The molecule has 0 aliphatic rings. The number of phenols is 1. The van der Waals surface area contributed by atoms with Crippen LogP contribution in [0.1, 0.15) is 23.9 Å². The van der Waals surface area contributed by atoms with E-state index in [0.29, 0.717) is 33.1 Å². The van der Waals surface area contributed by atoms with Gasteiger partial charge in [-0.3, -0.25) is 9.36 Å². The average molecular weight is 555 g/mol. The van der Waals surface area contributed by atoms with E-state index in [1.807, 2.05) is 60.0 Å². The largest absolute Gasteiger partial charge is 0.507 e. The molecule has 190 valence electrons. The molecule has 1 aromatic heterocycles. The van der Waals surface area contributed by atoms with Crippen LogP contribution in [0.15, 0.2) is 77.0 Å². The molecule has 1 unspecified atom stereocenters.